The zero-order chi connectivity index (χ0) is 13.4. The maximum absolute atomic E-state index is 5.77. The number of likely N-dealkylation sites (N-methyl/N-ethyl adjacent to an activating group) is 2. The molecule has 1 saturated heterocycles. The highest BCUT2D eigenvalue weighted by Crippen LogP contribution is 2.26. The summed E-state index contributed by atoms with van der Waals surface area (Å²) in [6, 6.07) is 0.450. The third kappa shape index (κ3) is 2.21. The molecular weight excluding hydrogens is 242 g/mol. The van der Waals surface area contributed by atoms with Crippen LogP contribution in [0.25, 0.3) is 11.0 Å². The molecule has 1 aliphatic heterocycles. The number of anilines is 2. The first kappa shape index (κ1) is 12.2. The number of rotatable bonds is 2. The maximum Gasteiger partial charge on any atom is 0.224 e. The van der Waals surface area contributed by atoms with Crippen molar-refractivity contribution < 1.29 is 0 Å². The molecule has 19 heavy (non-hydrogen) atoms. The van der Waals surface area contributed by atoms with Crippen LogP contribution in [0.1, 0.15) is 12.8 Å². The van der Waals surface area contributed by atoms with E-state index in [2.05, 4.69) is 44.1 Å². The van der Waals surface area contributed by atoms with Crippen LogP contribution in [0.5, 0.6) is 0 Å². The highest BCUT2D eigenvalue weighted by atomic mass is 15.3. The molecule has 0 radical (unpaired) electrons. The fourth-order valence-corrected chi connectivity index (χ4v) is 2.73. The zero-order valence-electron chi connectivity index (χ0n) is 11.3. The first-order valence-electron chi connectivity index (χ1n) is 6.53. The Kier molecular flexibility index (Phi) is 2.98. The summed E-state index contributed by atoms with van der Waals surface area (Å²) in [5.41, 5.74) is 6.46. The van der Waals surface area contributed by atoms with E-state index in [1.54, 1.807) is 6.20 Å². The number of hydrogen-bond donors (Lipinski definition) is 2. The Balaban J connectivity index is 1.96. The Bertz CT molecular complexity index is 578. The third-order valence-corrected chi connectivity index (χ3v) is 3.79. The molecule has 102 valence electrons. The summed E-state index contributed by atoms with van der Waals surface area (Å²) in [6.07, 6.45) is 4.14. The SMILES string of the molecule is CN1CCCC(N(C)c2nc(N)nc3[nH]ncc23)C1. The Morgan fingerprint density at radius 2 is 2.32 bits per heavy atom. The van der Waals surface area contributed by atoms with Gasteiger partial charge in [0, 0.05) is 19.6 Å². The van der Waals surface area contributed by atoms with Crippen molar-refractivity contribution in [3.63, 3.8) is 0 Å². The first-order chi connectivity index (χ1) is 9.15. The maximum atomic E-state index is 5.77. The molecule has 2 aromatic rings. The molecule has 1 aliphatic rings. The summed E-state index contributed by atoms with van der Waals surface area (Å²) < 4.78 is 0. The Morgan fingerprint density at radius 1 is 1.47 bits per heavy atom. The average Bonchev–Trinajstić information content (AvgIpc) is 2.85. The summed E-state index contributed by atoms with van der Waals surface area (Å²) in [5, 5.41) is 7.80. The van der Waals surface area contributed by atoms with E-state index in [0.29, 0.717) is 11.7 Å². The molecule has 1 unspecified atom stereocenters. The van der Waals surface area contributed by atoms with E-state index in [4.69, 9.17) is 5.73 Å². The zero-order valence-corrected chi connectivity index (χ0v) is 11.3. The molecule has 0 aliphatic carbocycles. The number of nitrogens with zero attached hydrogens (tertiary/aromatic N) is 5. The third-order valence-electron chi connectivity index (χ3n) is 3.79. The minimum absolute atomic E-state index is 0.280. The molecule has 1 atom stereocenters. The number of nitrogen functional groups attached to an aromatic ring is 1. The smallest absolute Gasteiger partial charge is 0.224 e. The van der Waals surface area contributed by atoms with Crippen LogP contribution in [0.15, 0.2) is 6.20 Å². The van der Waals surface area contributed by atoms with Crippen molar-refractivity contribution in [1.82, 2.24) is 25.1 Å². The van der Waals surface area contributed by atoms with E-state index >= 15 is 0 Å². The van der Waals surface area contributed by atoms with Crippen molar-refractivity contribution in [2.24, 2.45) is 0 Å². The lowest BCUT2D eigenvalue weighted by atomic mass is 10.0. The minimum Gasteiger partial charge on any atom is -0.368 e. The number of nitrogens with one attached hydrogen (secondary N) is 1. The number of aromatic amines is 1. The van der Waals surface area contributed by atoms with Crippen LogP contribution in [0.3, 0.4) is 0 Å². The van der Waals surface area contributed by atoms with Crippen LogP contribution in [0.4, 0.5) is 11.8 Å². The molecule has 7 nitrogen and oxygen atoms in total. The first-order valence-corrected chi connectivity index (χ1v) is 6.53. The van der Waals surface area contributed by atoms with Gasteiger partial charge in [-0.2, -0.15) is 15.1 Å². The highest BCUT2D eigenvalue weighted by Gasteiger charge is 2.24. The van der Waals surface area contributed by atoms with Crippen molar-refractivity contribution in [3.8, 4) is 0 Å². The van der Waals surface area contributed by atoms with Crippen molar-refractivity contribution >= 4 is 22.8 Å². The second-order valence-electron chi connectivity index (χ2n) is 5.21. The van der Waals surface area contributed by atoms with Gasteiger partial charge in [0.15, 0.2) is 5.65 Å². The van der Waals surface area contributed by atoms with Gasteiger partial charge in [-0.1, -0.05) is 0 Å². The number of likely N-dealkylation sites (tertiary alicyclic amines) is 1. The van der Waals surface area contributed by atoms with Crippen LogP contribution in [0, 0.1) is 0 Å². The van der Waals surface area contributed by atoms with E-state index in [0.717, 1.165) is 24.3 Å². The van der Waals surface area contributed by atoms with Gasteiger partial charge in [0.25, 0.3) is 0 Å². The molecule has 0 amide bonds. The molecule has 0 saturated carbocycles. The monoisotopic (exact) mass is 261 g/mol. The lowest BCUT2D eigenvalue weighted by Crippen LogP contribution is -2.45. The summed E-state index contributed by atoms with van der Waals surface area (Å²) in [7, 11) is 4.22. The van der Waals surface area contributed by atoms with Crippen LogP contribution < -0.4 is 10.6 Å². The molecule has 3 rings (SSSR count). The lowest BCUT2D eigenvalue weighted by molar-refractivity contribution is 0.247. The Hall–Kier alpha value is -1.89. The van der Waals surface area contributed by atoms with E-state index in [9.17, 15) is 0 Å². The molecule has 0 aromatic carbocycles. The fraction of sp³-hybridized carbons (Fsp3) is 0.583. The summed E-state index contributed by atoms with van der Waals surface area (Å²) in [5.74, 6) is 1.14. The number of aromatic nitrogens is 4. The van der Waals surface area contributed by atoms with Gasteiger partial charge in [-0.3, -0.25) is 5.10 Å². The topological polar surface area (TPSA) is 87.0 Å². The highest BCUT2D eigenvalue weighted by molar-refractivity contribution is 5.87. The quantitative estimate of drug-likeness (QED) is 0.817. The van der Waals surface area contributed by atoms with Crippen LogP contribution in [0.2, 0.25) is 0 Å². The second-order valence-corrected chi connectivity index (χ2v) is 5.21. The van der Waals surface area contributed by atoms with E-state index in [-0.39, 0.29) is 5.95 Å². The number of H-pyrrole nitrogens is 1. The molecule has 0 bridgehead atoms. The minimum atomic E-state index is 0.280. The summed E-state index contributed by atoms with van der Waals surface area (Å²) in [4.78, 5) is 13.1. The van der Waals surface area contributed by atoms with Gasteiger partial charge in [-0.25, -0.2) is 0 Å². The molecule has 3 heterocycles. The van der Waals surface area contributed by atoms with Crippen LogP contribution in [-0.2, 0) is 0 Å². The number of hydrogen-bond acceptors (Lipinski definition) is 6. The molecule has 2 aromatic heterocycles. The molecule has 7 heteroatoms. The second kappa shape index (κ2) is 4.65. The molecule has 0 spiro atoms. The van der Waals surface area contributed by atoms with Gasteiger partial charge in [0.2, 0.25) is 5.95 Å². The van der Waals surface area contributed by atoms with Crippen molar-refractivity contribution in [2.45, 2.75) is 18.9 Å². The summed E-state index contributed by atoms with van der Waals surface area (Å²) >= 11 is 0. The fourth-order valence-electron chi connectivity index (χ4n) is 2.73. The molecular formula is C12H19N7. The predicted octanol–water partition coefficient (Wildman–Crippen LogP) is 0.465. The van der Waals surface area contributed by atoms with Gasteiger partial charge in [-0.15, -0.1) is 0 Å². The van der Waals surface area contributed by atoms with Crippen molar-refractivity contribution in [1.29, 1.82) is 0 Å². The van der Waals surface area contributed by atoms with Gasteiger partial charge in [0.1, 0.15) is 5.82 Å². The van der Waals surface area contributed by atoms with E-state index < -0.39 is 0 Å². The van der Waals surface area contributed by atoms with Crippen LogP contribution >= 0.6 is 0 Å². The largest absolute Gasteiger partial charge is 0.368 e. The van der Waals surface area contributed by atoms with Crippen LogP contribution in [-0.4, -0.2) is 58.3 Å². The predicted molar refractivity (Wildman–Crippen MR) is 75.0 cm³/mol. The normalized spacial score (nSPS) is 20.8. The van der Waals surface area contributed by atoms with Crippen molar-refractivity contribution in [2.75, 3.05) is 37.8 Å². The van der Waals surface area contributed by atoms with Crippen molar-refractivity contribution in [3.05, 3.63) is 6.20 Å². The number of piperidine rings is 1. The molecule has 1 fully saturated rings. The number of nitrogens with two attached hydrogens (primary N) is 1. The lowest BCUT2D eigenvalue weighted by Gasteiger charge is -2.36. The number of fused-ring (bicyclic) bond motifs is 1. The summed E-state index contributed by atoms with van der Waals surface area (Å²) in [6.45, 7) is 2.21. The van der Waals surface area contributed by atoms with Gasteiger partial charge in [-0.05, 0) is 26.4 Å². The average molecular weight is 261 g/mol. The van der Waals surface area contributed by atoms with E-state index in [1.165, 1.54) is 12.8 Å². The Morgan fingerprint density at radius 3 is 3.11 bits per heavy atom. The molecule has 3 N–H and O–H groups in total. The van der Waals surface area contributed by atoms with E-state index in [1.807, 2.05) is 0 Å². The Labute approximate surface area is 111 Å². The van der Waals surface area contributed by atoms with Gasteiger partial charge >= 0.3 is 0 Å². The standard InChI is InChI=1S/C12H19N7/c1-18-5-3-4-8(7-18)19(2)11-9-6-14-17-10(9)15-12(13)16-11/h6,8H,3-5,7H2,1-2H3,(H3,13,14,15,16,17). The van der Waals surface area contributed by atoms with Gasteiger partial charge < -0.3 is 15.5 Å². The van der Waals surface area contributed by atoms with Gasteiger partial charge in [0.05, 0.1) is 11.6 Å².